The van der Waals surface area contributed by atoms with E-state index in [1.165, 1.54) is 0 Å². The molecule has 1 atom stereocenters. The number of hydrogen-bond acceptors (Lipinski definition) is 5. The lowest BCUT2D eigenvalue weighted by Crippen LogP contribution is -2.44. The van der Waals surface area contributed by atoms with Gasteiger partial charge in [0.1, 0.15) is 0 Å². The van der Waals surface area contributed by atoms with Crippen molar-refractivity contribution in [2.45, 2.75) is 39.3 Å². The first kappa shape index (κ1) is 22.6. The van der Waals surface area contributed by atoms with Crippen molar-refractivity contribution in [2.75, 3.05) is 40.1 Å². The molecule has 6 nitrogen and oxygen atoms in total. The van der Waals surface area contributed by atoms with Crippen molar-refractivity contribution < 1.29 is 23.7 Å². The van der Waals surface area contributed by atoms with E-state index in [2.05, 4.69) is 6.92 Å². The summed E-state index contributed by atoms with van der Waals surface area (Å²) in [4.78, 5) is 15.2. The third kappa shape index (κ3) is 5.43. The van der Waals surface area contributed by atoms with Crippen LogP contribution in [0.4, 0.5) is 0 Å². The molecule has 2 fully saturated rings. The average molecular weight is 440 g/mol. The second-order valence-corrected chi connectivity index (χ2v) is 9.26. The van der Waals surface area contributed by atoms with Gasteiger partial charge in [-0.15, -0.1) is 0 Å². The van der Waals surface area contributed by atoms with Crippen LogP contribution in [0.25, 0.3) is 0 Å². The number of ether oxygens (including phenoxy) is 4. The summed E-state index contributed by atoms with van der Waals surface area (Å²) in [6, 6.07) is 13.6. The Morgan fingerprint density at radius 1 is 1.16 bits per heavy atom. The van der Waals surface area contributed by atoms with Gasteiger partial charge in [0.05, 0.1) is 33.0 Å². The minimum Gasteiger partial charge on any atom is -0.493 e. The van der Waals surface area contributed by atoms with Gasteiger partial charge in [-0.2, -0.15) is 0 Å². The molecule has 0 bridgehead atoms. The summed E-state index contributed by atoms with van der Waals surface area (Å²) >= 11 is 0. The van der Waals surface area contributed by atoms with E-state index in [1.54, 1.807) is 7.11 Å². The number of benzene rings is 2. The van der Waals surface area contributed by atoms with Crippen molar-refractivity contribution in [3.05, 3.63) is 59.2 Å². The Balaban J connectivity index is 1.52. The molecule has 6 heteroatoms. The maximum Gasteiger partial charge on any atom is 0.254 e. The van der Waals surface area contributed by atoms with Gasteiger partial charge < -0.3 is 23.8 Å². The van der Waals surface area contributed by atoms with E-state index in [1.807, 2.05) is 54.3 Å². The van der Waals surface area contributed by atoms with Gasteiger partial charge >= 0.3 is 0 Å². The Bertz CT molecular complexity index is 916. The molecule has 2 saturated heterocycles. The normalized spacial score (nSPS) is 19.3. The summed E-state index contributed by atoms with van der Waals surface area (Å²) in [7, 11) is 1.64. The molecule has 0 spiro atoms. The number of amides is 1. The Kier molecular flexibility index (Phi) is 7.01. The van der Waals surface area contributed by atoms with Gasteiger partial charge in [-0.25, -0.2) is 0 Å². The molecule has 0 saturated carbocycles. The van der Waals surface area contributed by atoms with Crippen LogP contribution in [0.15, 0.2) is 42.5 Å². The highest BCUT2D eigenvalue weighted by Gasteiger charge is 2.34. The number of nitrogens with zero attached hydrogens (tertiary/aromatic N) is 1. The second-order valence-electron chi connectivity index (χ2n) is 9.26. The highest BCUT2D eigenvalue weighted by Crippen LogP contribution is 2.33. The average Bonchev–Trinajstić information content (AvgIpc) is 3.29. The minimum absolute atomic E-state index is 0.0120. The van der Waals surface area contributed by atoms with E-state index in [9.17, 15) is 4.79 Å². The van der Waals surface area contributed by atoms with Gasteiger partial charge in [0, 0.05) is 30.7 Å². The Morgan fingerprint density at radius 3 is 2.56 bits per heavy atom. The van der Waals surface area contributed by atoms with Crippen molar-refractivity contribution in [1.82, 2.24) is 4.90 Å². The quantitative estimate of drug-likeness (QED) is 0.585. The summed E-state index contributed by atoms with van der Waals surface area (Å²) in [5, 5.41) is 0. The maximum absolute atomic E-state index is 13.4. The monoisotopic (exact) mass is 439 g/mol. The fourth-order valence-electron chi connectivity index (χ4n) is 4.07. The van der Waals surface area contributed by atoms with Crippen LogP contribution in [0.2, 0.25) is 0 Å². The molecule has 1 unspecified atom stereocenters. The number of methoxy groups -OCH3 is 1. The zero-order valence-electron chi connectivity index (χ0n) is 19.3. The fourth-order valence-corrected chi connectivity index (χ4v) is 4.07. The lowest BCUT2D eigenvalue weighted by atomic mass is 9.90. The molecule has 0 radical (unpaired) electrons. The summed E-state index contributed by atoms with van der Waals surface area (Å²) in [5.74, 6) is 1.39. The topological polar surface area (TPSA) is 57.2 Å². The van der Waals surface area contributed by atoms with E-state index in [0.29, 0.717) is 50.0 Å². The first-order valence-corrected chi connectivity index (χ1v) is 11.3. The molecule has 2 aromatic rings. The molecule has 1 amide bonds. The summed E-state index contributed by atoms with van der Waals surface area (Å²) in [6.07, 6.45) is 2.10. The Labute approximate surface area is 190 Å². The van der Waals surface area contributed by atoms with Crippen LogP contribution in [0, 0.1) is 12.3 Å². The zero-order chi connectivity index (χ0) is 22.6. The second kappa shape index (κ2) is 9.92. The summed E-state index contributed by atoms with van der Waals surface area (Å²) < 4.78 is 22.8. The number of hydrogen-bond donors (Lipinski definition) is 0. The Hall–Kier alpha value is -2.57. The fraction of sp³-hybridized carbons (Fsp3) is 0.500. The number of rotatable bonds is 9. The summed E-state index contributed by atoms with van der Waals surface area (Å²) in [6.45, 7) is 7.96. The molecule has 2 aliphatic rings. The van der Waals surface area contributed by atoms with Crippen LogP contribution in [0.5, 0.6) is 11.5 Å². The molecule has 32 heavy (non-hydrogen) atoms. The van der Waals surface area contributed by atoms with E-state index in [-0.39, 0.29) is 17.4 Å². The number of carbonyl (C=O) groups excluding carboxylic acids is 1. The van der Waals surface area contributed by atoms with Gasteiger partial charge in [-0.1, -0.05) is 30.7 Å². The van der Waals surface area contributed by atoms with E-state index >= 15 is 0 Å². The van der Waals surface area contributed by atoms with Crippen molar-refractivity contribution in [2.24, 2.45) is 5.41 Å². The molecule has 0 aliphatic carbocycles. The molecular formula is C26H33NO5. The standard InChI is InChI=1S/C26H33NO5/c1-19-6-9-21(10-7-19)25(28)27(15-22-5-4-12-31-22)14-20-8-11-23(29-3)24(13-20)32-18-26(2)16-30-17-26/h6-11,13,22H,4-5,12,14-18H2,1-3H3. The predicted molar refractivity (Wildman–Crippen MR) is 122 cm³/mol. The zero-order valence-corrected chi connectivity index (χ0v) is 19.3. The van der Waals surface area contributed by atoms with E-state index < -0.39 is 0 Å². The van der Waals surface area contributed by atoms with E-state index in [4.69, 9.17) is 18.9 Å². The molecule has 2 heterocycles. The summed E-state index contributed by atoms with van der Waals surface area (Å²) in [5.41, 5.74) is 2.86. The van der Waals surface area contributed by atoms with Crippen molar-refractivity contribution in [1.29, 1.82) is 0 Å². The van der Waals surface area contributed by atoms with Crippen LogP contribution in [0.1, 0.15) is 41.3 Å². The van der Waals surface area contributed by atoms with Gasteiger partial charge in [-0.3, -0.25) is 4.79 Å². The molecule has 2 aromatic carbocycles. The molecule has 2 aliphatic heterocycles. The third-order valence-electron chi connectivity index (χ3n) is 6.11. The van der Waals surface area contributed by atoms with Gasteiger partial charge in [0.15, 0.2) is 11.5 Å². The SMILES string of the molecule is COc1ccc(CN(CC2CCCO2)C(=O)c2ccc(C)cc2)cc1OCC1(C)COC1. The molecule has 172 valence electrons. The number of aryl methyl sites for hydroxylation is 1. The maximum atomic E-state index is 13.4. The van der Waals surface area contributed by atoms with Crippen LogP contribution < -0.4 is 9.47 Å². The van der Waals surface area contributed by atoms with Gasteiger partial charge in [0.25, 0.3) is 5.91 Å². The van der Waals surface area contributed by atoms with Crippen LogP contribution in [-0.2, 0) is 16.0 Å². The molecule has 4 rings (SSSR count). The van der Waals surface area contributed by atoms with E-state index in [0.717, 1.165) is 30.6 Å². The lowest BCUT2D eigenvalue weighted by molar-refractivity contribution is -0.120. The minimum atomic E-state index is 0.0120. The predicted octanol–water partition coefficient (Wildman–Crippen LogP) is 4.24. The smallest absolute Gasteiger partial charge is 0.254 e. The highest BCUT2D eigenvalue weighted by molar-refractivity contribution is 5.94. The highest BCUT2D eigenvalue weighted by atomic mass is 16.5. The van der Waals surface area contributed by atoms with Crippen molar-refractivity contribution in [3.63, 3.8) is 0 Å². The van der Waals surface area contributed by atoms with Crippen LogP contribution >= 0.6 is 0 Å². The van der Waals surface area contributed by atoms with Crippen molar-refractivity contribution >= 4 is 5.91 Å². The first-order valence-electron chi connectivity index (χ1n) is 11.3. The largest absolute Gasteiger partial charge is 0.493 e. The number of carbonyl (C=O) groups is 1. The van der Waals surface area contributed by atoms with Gasteiger partial charge in [0.2, 0.25) is 0 Å². The van der Waals surface area contributed by atoms with Crippen LogP contribution in [0.3, 0.4) is 0 Å². The van der Waals surface area contributed by atoms with Gasteiger partial charge in [-0.05, 0) is 49.6 Å². The first-order chi connectivity index (χ1) is 15.5. The van der Waals surface area contributed by atoms with Crippen molar-refractivity contribution in [3.8, 4) is 11.5 Å². The third-order valence-corrected chi connectivity index (χ3v) is 6.11. The Morgan fingerprint density at radius 2 is 1.94 bits per heavy atom. The molecule has 0 aromatic heterocycles. The lowest BCUT2D eigenvalue weighted by Gasteiger charge is -2.37. The molecule has 0 N–H and O–H groups in total. The van der Waals surface area contributed by atoms with Crippen LogP contribution in [-0.4, -0.2) is 57.0 Å². The molecular weight excluding hydrogens is 406 g/mol.